The Morgan fingerprint density at radius 1 is 0.789 bits per heavy atom. The van der Waals surface area contributed by atoms with Crippen LogP contribution in [-0.2, 0) is 0 Å². The molecule has 0 amide bonds. The van der Waals surface area contributed by atoms with Crippen LogP contribution in [0, 0.1) is 0 Å². The summed E-state index contributed by atoms with van der Waals surface area (Å²) in [5.74, 6) is 2.32. The number of anilines is 1. The Kier molecular flexibility index (Phi) is 1.71. The molecule has 1 aliphatic heterocycles. The molecule has 1 heterocycles. The van der Waals surface area contributed by atoms with Crippen molar-refractivity contribution in [3.63, 3.8) is 0 Å². The van der Waals surface area contributed by atoms with Gasteiger partial charge in [-0.3, -0.25) is 0 Å². The standard InChI is InChI=1S/C18H17N/c1-2-19-14-10-6-5-9-13(14)17-15-11-7-3-4-8-12(11)16(15)18(17)19/h3-10,15-18H,2H2,1H3/t15-,16+,17?,18?/m0/s1. The van der Waals surface area contributed by atoms with Crippen LogP contribution in [-0.4, -0.2) is 12.6 Å². The van der Waals surface area contributed by atoms with Gasteiger partial charge in [-0.2, -0.15) is 0 Å². The van der Waals surface area contributed by atoms with Crippen molar-refractivity contribution in [2.75, 3.05) is 11.4 Å². The van der Waals surface area contributed by atoms with Crippen LogP contribution in [0.2, 0.25) is 0 Å². The predicted octanol–water partition coefficient (Wildman–Crippen LogP) is 3.87. The second kappa shape index (κ2) is 3.22. The number of hydrogen-bond donors (Lipinski definition) is 0. The highest BCUT2D eigenvalue weighted by atomic mass is 15.2. The molecule has 1 heteroatoms. The molecule has 2 aliphatic carbocycles. The first-order valence-electron chi connectivity index (χ1n) is 7.36. The van der Waals surface area contributed by atoms with E-state index in [1.165, 1.54) is 5.69 Å². The van der Waals surface area contributed by atoms with E-state index in [2.05, 4.69) is 60.4 Å². The van der Waals surface area contributed by atoms with Crippen molar-refractivity contribution >= 4 is 5.69 Å². The van der Waals surface area contributed by atoms with Gasteiger partial charge in [0.25, 0.3) is 0 Å². The highest BCUT2D eigenvalue weighted by Crippen LogP contribution is 2.71. The van der Waals surface area contributed by atoms with Crippen LogP contribution in [0.1, 0.15) is 41.4 Å². The number of para-hydroxylation sites is 1. The minimum atomic E-state index is 0.724. The minimum Gasteiger partial charge on any atom is -0.367 e. The fourth-order valence-electron chi connectivity index (χ4n) is 4.85. The van der Waals surface area contributed by atoms with Gasteiger partial charge in [0.1, 0.15) is 0 Å². The summed E-state index contributed by atoms with van der Waals surface area (Å²) in [7, 11) is 0. The predicted molar refractivity (Wildman–Crippen MR) is 77.9 cm³/mol. The summed E-state index contributed by atoms with van der Waals surface area (Å²) in [6.07, 6.45) is 0. The molecule has 2 unspecified atom stereocenters. The van der Waals surface area contributed by atoms with Gasteiger partial charge in [0.15, 0.2) is 0 Å². The maximum atomic E-state index is 2.64. The van der Waals surface area contributed by atoms with Gasteiger partial charge < -0.3 is 4.90 Å². The Morgan fingerprint density at radius 2 is 1.37 bits per heavy atom. The molecule has 1 fully saturated rings. The summed E-state index contributed by atoms with van der Waals surface area (Å²) in [6.45, 7) is 3.42. The molecule has 94 valence electrons. The zero-order chi connectivity index (χ0) is 12.6. The van der Waals surface area contributed by atoms with E-state index >= 15 is 0 Å². The van der Waals surface area contributed by atoms with Crippen LogP contribution < -0.4 is 4.90 Å². The maximum Gasteiger partial charge on any atom is 0.0440 e. The summed E-state index contributed by atoms with van der Waals surface area (Å²) < 4.78 is 0. The van der Waals surface area contributed by atoms with Crippen molar-refractivity contribution in [2.45, 2.75) is 30.7 Å². The summed E-state index contributed by atoms with van der Waals surface area (Å²) in [4.78, 5) is 2.64. The van der Waals surface area contributed by atoms with E-state index in [-0.39, 0.29) is 0 Å². The first-order valence-corrected chi connectivity index (χ1v) is 7.36. The second-order valence-corrected chi connectivity index (χ2v) is 6.04. The monoisotopic (exact) mass is 247 g/mol. The molecule has 4 atom stereocenters. The van der Waals surface area contributed by atoms with E-state index in [9.17, 15) is 0 Å². The molecule has 2 aromatic rings. The van der Waals surface area contributed by atoms with Gasteiger partial charge in [-0.25, -0.2) is 0 Å². The topological polar surface area (TPSA) is 3.24 Å². The fraction of sp³-hybridized carbons (Fsp3) is 0.333. The van der Waals surface area contributed by atoms with Crippen LogP contribution >= 0.6 is 0 Å². The summed E-state index contributed by atoms with van der Waals surface area (Å²) in [5.41, 5.74) is 6.30. The largest absolute Gasteiger partial charge is 0.367 e. The minimum absolute atomic E-state index is 0.724. The third kappa shape index (κ3) is 0.971. The SMILES string of the molecule is CCN1c2ccccc2C2C1[C@@H]1c3ccccc3[C@H]21. The average molecular weight is 247 g/mol. The van der Waals surface area contributed by atoms with Crippen LogP contribution in [0.15, 0.2) is 48.5 Å². The molecular weight excluding hydrogens is 230 g/mol. The number of rotatable bonds is 1. The lowest BCUT2D eigenvalue weighted by Crippen LogP contribution is -2.56. The Labute approximate surface area is 113 Å². The number of fused-ring (bicyclic) bond motifs is 9. The first kappa shape index (κ1) is 10.1. The molecule has 3 aliphatic rings. The zero-order valence-corrected chi connectivity index (χ0v) is 11.1. The molecule has 0 bridgehead atoms. The van der Waals surface area contributed by atoms with Crippen molar-refractivity contribution in [1.82, 2.24) is 0 Å². The number of hydrogen-bond acceptors (Lipinski definition) is 1. The molecule has 1 saturated carbocycles. The maximum absolute atomic E-state index is 2.64. The molecule has 0 aromatic heterocycles. The van der Waals surface area contributed by atoms with Crippen molar-refractivity contribution in [2.24, 2.45) is 0 Å². The molecule has 0 spiro atoms. The molecular formula is C18H17N. The van der Waals surface area contributed by atoms with E-state index < -0.39 is 0 Å². The smallest absolute Gasteiger partial charge is 0.0440 e. The number of likely N-dealkylation sites (N-methyl/N-ethyl adjacent to an activating group) is 1. The number of nitrogens with zero attached hydrogens (tertiary/aromatic N) is 1. The zero-order valence-electron chi connectivity index (χ0n) is 11.1. The van der Waals surface area contributed by atoms with Crippen LogP contribution in [0.25, 0.3) is 0 Å². The van der Waals surface area contributed by atoms with Gasteiger partial charge in [-0.15, -0.1) is 0 Å². The van der Waals surface area contributed by atoms with Gasteiger partial charge in [0.2, 0.25) is 0 Å². The summed E-state index contributed by atoms with van der Waals surface area (Å²) >= 11 is 0. The van der Waals surface area contributed by atoms with Gasteiger partial charge in [-0.05, 0) is 29.7 Å². The Bertz CT molecular complexity index is 675. The van der Waals surface area contributed by atoms with Crippen LogP contribution in [0.3, 0.4) is 0 Å². The van der Waals surface area contributed by atoms with Gasteiger partial charge in [0, 0.05) is 36.0 Å². The molecule has 0 radical (unpaired) electrons. The highest BCUT2D eigenvalue weighted by molar-refractivity contribution is 5.71. The Morgan fingerprint density at radius 3 is 2.11 bits per heavy atom. The van der Waals surface area contributed by atoms with Crippen molar-refractivity contribution in [1.29, 1.82) is 0 Å². The van der Waals surface area contributed by atoms with E-state index in [1.54, 1.807) is 16.7 Å². The summed E-state index contributed by atoms with van der Waals surface area (Å²) in [6, 6.07) is 18.8. The van der Waals surface area contributed by atoms with Crippen molar-refractivity contribution in [3.05, 3.63) is 65.2 Å². The average Bonchev–Trinajstić information content (AvgIpc) is 2.68. The van der Waals surface area contributed by atoms with Crippen LogP contribution in [0.5, 0.6) is 0 Å². The third-order valence-electron chi connectivity index (χ3n) is 5.53. The van der Waals surface area contributed by atoms with E-state index in [1.807, 2.05) is 0 Å². The van der Waals surface area contributed by atoms with Gasteiger partial charge in [0.05, 0.1) is 0 Å². The normalized spacial score (nSPS) is 32.6. The lowest BCUT2D eigenvalue weighted by atomic mass is 9.47. The van der Waals surface area contributed by atoms with Crippen molar-refractivity contribution < 1.29 is 0 Å². The third-order valence-corrected chi connectivity index (χ3v) is 5.53. The molecule has 19 heavy (non-hydrogen) atoms. The quantitative estimate of drug-likeness (QED) is 0.739. The van der Waals surface area contributed by atoms with Gasteiger partial charge >= 0.3 is 0 Å². The summed E-state index contributed by atoms with van der Waals surface area (Å²) in [5, 5.41) is 0. The Hall–Kier alpha value is -1.76. The van der Waals surface area contributed by atoms with Crippen LogP contribution in [0.4, 0.5) is 5.69 Å². The molecule has 1 nitrogen and oxygen atoms in total. The lowest BCUT2D eigenvalue weighted by molar-refractivity contribution is 0.198. The van der Waals surface area contributed by atoms with E-state index in [0.717, 1.165) is 30.3 Å². The molecule has 0 N–H and O–H groups in total. The molecule has 2 aromatic carbocycles. The molecule has 5 rings (SSSR count). The van der Waals surface area contributed by atoms with E-state index in [0.29, 0.717) is 0 Å². The molecule has 0 saturated heterocycles. The highest BCUT2D eigenvalue weighted by Gasteiger charge is 2.63. The van der Waals surface area contributed by atoms with Gasteiger partial charge in [-0.1, -0.05) is 42.5 Å². The fourth-order valence-corrected chi connectivity index (χ4v) is 4.85. The Balaban J connectivity index is 1.68. The van der Waals surface area contributed by atoms with E-state index in [4.69, 9.17) is 0 Å². The number of benzene rings is 2. The lowest BCUT2D eigenvalue weighted by Gasteiger charge is -2.59. The second-order valence-electron chi connectivity index (χ2n) is 6.04. The first-order chi connectivity index (χ1) is 9.42. The van der Waals surface area contributed by atoms with Crippen molar-refractivity contribution in [3.8, 4) is 0 Å².